The first-order valence-electron chi connectivity index (χ1n) is 16.1. The van der Waals surface area contributed by atoms with E-state index in [0.717, 1.165) is 16.0 Å². The van der Waals surface area contributed by atoms with Gasteiger partial charge in [-0.1, -0.05) is 83.1 Å². The van der Waals surface area contributed by atoms with Gasteiger partial charge < -0.3 is 30.3 Å². The molecule has 0 bridgehead atoms. The van der Waals surface area contributed by atoms with Gasteiger partial charge in [-0.3, -0.25) is 0 Å². The Kier molecular flexibility index (Phi) is 11.6. The molecule has 6 unspecified atom stereocenters. The highest BCUT2D eigenvalue weighted by molar-refractivity contribution is 8.17. The molecule has 1 aliphatic heterocycles. The zero-order chi connectivity index (χ0) is 34.4. The summed E-state index contributed by atoms with van der Waals surface area (Å²) in [7, 11) is 0. The lowest BCUT2D eigenvalue weighted by atomic mass is 9.74. The van der Waals surface area contributed by atoms with Gasteiger partial charge in [0.2, 0.25) is 0 Å². The number of rotatable bonds is 7. The van der Waals surface area contributed by atoms with E-state index in [0.29, 0.717) is 18.6 Å². The lowest BCUT2D eigenvalue weighted by Crippen LogP contribution is -2.57. The summed E-state index contributed by atoms with van der Waals surface area (Å²) in [6.07, 6.45) is -5.65. The normalized spacial score (nSPS) is 24.2. The number of aliphatic hydroxyl groups is 4. The van der Waals surface area contributed by atoms with Crippen LogP contribution in [0.3, 0.4) is 0 Å². The lowest BCUT2D eigenvalue weighted by molar-refractivity contribution is -0.282. The monoisotopic (exact) mass is 662 g/mol. The highest BCUT2D eigenvalue weighted by Crippen LogP contribution is 2.46. The van der Waals surface area contributed by atoms with Gasteiger partial charge >= 0.3 is 0 Å². The van der Waals surface area contributed by atoms with Crippen LogP contribution in [0.25, 0.3) is 0 Å². The van der Waals surface area contributed by atoms with Crippen LogP contribution in [0.1, 0.15) is 124 Å². The quantitative estimate of drug-likeness (QED) is 0.153. The number of thioether (sulfide) groups is 2. The molecule has 6 atom stereocenters. The standard InChI is InChI=1S/C37H58O6S2/c1-20(45-22-18-26(36(8,9)10)29(38)27(19-22)37(11,12)13)44-21-16-24(34(2,3)4)23(25(17-21)35(5,6)7)14-15-28-30(39)31(40)32(41)33(42)43-28/h16-20,28,30-33,38-42H,14-15H2,1-13H3. The number of hydrogen-bond acceptors (Lipinski definition) is 8. The summed E-state index contributed by atoms with van der Waals surface area (Å²) < 4.78 is 5.72. The highest BCUT2D eigenvalue weighted by atomic mass is 32.2. The number of aliphatic hydroxyl groups excluding tert-OH is 4. The number of aromatic hydroxyl groups is 1. The fourth-order valence-electron chi connectivity index (χ4n) is 6.00. The van der Waals surface area contributed by atoms with E-state index < -0.39 is 30.7 Å². The molecule has 2 aromatic carbocycles. The molecule has 254 valence electrons. The van der Waals surface area contributed by atoms with Crippen LogP contribution in [0, 0.1) is 0 Å². The summed E-state index contributed by atoms with van der Waals surface area (Å²) in [4.78, 5) is 2.33. The van der Waals surface area contributed by atoms with Crippen LogP contribution < -0.4 is 0 Å². The maximum absolute atomic E-state index is 11.2. The number of ether oxygens (including phenoxy) is 1. The average Bonchev–Trinajstić information content (AvgIpc) is 2.87. The largest absolute Gasteiger partial charge is 0.507 e. The van der Waals surface area contributed by atoms with Crippen molar-refractivity contribution in [1.82, 2.24) is 0 Å². The van der Waals surface area contributed by atoms with Crippen molar-refractivity contribution in [3.8, 4) is 5.75 Å². The van der Waals surface area contributed by atoms with Crippen molar-refractivity contribution in [2.24, 2.45) is 0 Å². The summed E-state index contributed by atoms with van der Waals surface area (Å²) in [6, 6.07) is 8.86. The Labute approximate surface area is 280 Å². The second kappa shape index (κ2) is 13.7. The topological polar surface area (TPSA) is 110 Å². The minimum Gasteiger partial charge on any atom is -0.507 e. The van der Waals surface area contributed by atoms with Gasteiger partial charge in [0.15, 0.2) is 6.29 Å². The molecule has 5 N–H and O–H groups in total. The Bertz CT molecular complexity index is 1260. The van der Waals surface area contributed by atoms with Crippen molar-refractivity contribution in [3.05, 3.63) is 52.1 Å². The van der Waals surface area contributed by atoms with E-state index in [4.69, 9.17) is 4.74 Å². The van der Waals surface area contributed by atoms with Gasteiger partial charge in [0.1, 0.15) is 24.1 Å². The van der Waals surface area contributed by atoms with E-state index in [1.54, 1.807) is 0 Å². The molecular weight excluding hydrogens is 605 g/mol. The molecule has 6 nitrogen and oxygen atoms in total. The number of hydrogen-bond donors (Lipinski definition) is 5. The Morgan fingerprint density at radius 1 is 0.622 bits per heavy atom. The van der Waals surface area contributed by atoms with E-state index in [9.17, 15) is 25.5 Å². The van der Waals surface area contributed by atoms with Gasteiger partial charge in [0, 0.05) is 20.9 Å². The summed E-state index contributed by atoms with van der Waals surface area (Å²) in [5.74, 6) is 0.395. The van der Waals surface area contributed by atoms with Crippen LogP contribution in [0.2, 0.25) is 0 Å². The predicted molar refractivity (Wildman–Crippen MR) is 188 cm³/mol. The van der Waals surface area contributed by atoms with Crippen LogP contribution in [-0.2, 0) is 32.8 Å². The van der Waals surface area contributed by atoms with Crippen molar-refractivity contribution < 1.29 is 30.3 Å². The molecule has 1 heterocycles. The molecular formula is C37H58O6S2. The summed E-state index contributed by atoms with van der Waals surface area (Å²) in [5.41, 5.74) is 4.85. The maximum Gasteiger partial charge on any atom is 0.183 e. The Balaban J connectivity index is 1.98. The smallest absolute Gasteiger partial charge is 0.183 e. The molecule has 0 saturated carbocycles. The van der Waals surface area contributed by atoms with Crippen molar-refractivity contribution >= 4 is 23.5 Å². The minimum absolute atomic E-state index is 0.163. The molecule has 3 rings (SSSR count). The molecule has 0 aliphatic carbocycles. The third kappa shape index (κ3) is 9.21. The van der Waals surface area contributed by atoms with Crippen LogP contribution in [0.5, 0.6) is 5.75 Å². The Hall–Kier alpha value is -1.26. The molecule has 1 fully saturated rings. The number of benzene rings is 2. The van der Waals surface area contributed by atoms with Gasteiger partial charge in [-0.05, 0) is 82.4 Å². The molecule has 0 amide bonds. The Morgan fingerprint density at radius 3 is 1.38 bits per heavy atom. The van der Waals surface area contributed by atoms with Crippen molar-refractivity contribution in [2.45, 2.75) is 170 Å². The van der Waals surface area contributed by atoms with Crippen LogP contribution >= 0.6 is 23.5 Å². The molecule has 0 spiro atoms. The fraction of sp³-hybridized carbons (Fsp3) is 0.676. The van der Waals surface area contributed by atoms with Crippen LogP contribution in [-0.4, -0.2) is 60.8 Å². The zero-order valence-electron chi connectivity index (χ0n) is 29.6. The molecule has 1 aliphatic rings. The zero-order valence-corrected chi connectivity index (χ0v) is 31.3. The van der Waals surface area contributed by atoms with E-state index in [2.05, 4.69) is 114 Å². The van der Waals surface area contributed by atoms with Crippen LogP contribution in [0.4, 0.5) is 0 Å². The number of phenolic OH excluding ortho intramolecular Hbond substituents is 1. The minimum atomic E-state index is -1.54. The van der Waals surface area contributed by atoms with Crippen molar-refractivity contribution in [1.29, 1.82) is 0 Å². The second-order valence-corrected chi connectivity index (χ2v) is 19.9. The van der Waals surface area contributed by atoms with Gasteiger partial charge in [0.05, 0.1) is 10.7 Å². The maximum atomic E-state index is 11.2. The Morgan fingerprint density at radius 2 is 1.00 bits per heavy atom. The van der Waals surface area contributed by atoms with E-state index in [1.165, 1.54) is 21.6 Å². The third-order valence-electron chi connectivity index (χ3n) is 8.51. The van der Waals surface area contributed by atoms with Gasteiger partial charge in [-0.15, -0.1) is 23.5 Å². The molecule has 0 radical (unpaired) electrons. The van der Waals surface area contributed by atoms with Crippen molar-refractivity contribution in [2.75, 3.05) is 0 Å². The van der Waals surface area contributed by atoms with E-state index in [-0.39, 0.29) is 26.2 Å². The number of phenols is 1. The fourth-order valence-corrected chi connectivity index (χ4v) is 8.37. The van der Waals surface area contributed by atoms with Gasteiger partial charge in [-0.2, -0.15) is 0 Å². The van der Waals surface area contributed by atoms with Crippen LogP contribution in [0.15, 0.2) is 34.1 Å². The lowest BCUT2D eigenvalue weighted by Gasteiger charge is -2.39. The molecule has 1 saturated heterocycles. The first-order chi connectivity index (χ1) is 20.3. The molecule has 8 heteroatoms. The summed E-state index contributed by atoms with van der Waals surface area (Å²) >= 11 is 3.64. The highest BCUT2D eigenvalue weighted by Gasteiger charge is 2.43. The van der Waals surface area contributed by atoms with Gasteiger partial charge in [0.25, 0.3) is 0 Å². The second-order valence-electron chi connectivity index (χ2n) is 16.7. The van der Waals surface area contributed by atoms with Crippen molar-refractivity contribution in [3.63, 3.8) is 0 Å². The first-order valence-corrected chi connectivity index (χ1v) is 17.8. The first kappa shape index (κ1) is 38.2. The summed E-state index contributed by atoms with van der Waals surface area (Å²) in [6.45, 7) is 28.3. The molecule has 0 aromatic heterocycles. The predicted octanol–water partition coefficient (Wildman–Crippen LogP) is 7.55. The van der Waals surface area contributed by atoms with E-state index >= 15 is 0 Å². The molecule has 2 aromatic rings. The SMILES string of the molecule is CC(Sc1cc(C(C)(C)C)c(O)c(C(C)(C)C)c1)Sc1cc(C(C)(C)C)c(CCC2OC(O)C(O)C(O)C2O)c(C(C)(C)C)c1. The third-order valence-corrected chi connectivity index (χ3v) is 10.8. The van der Waals surface area contributed by atoms with Gasteiger partial charge in [-0.25, -0.2) is 0 Å². The summed E-state index contributed by atoms with van der Waals surface area (Å²) in [5, 5.41) is 52.1. The van der Waals surface area contributed by atoms with E-state index in [1.807, 2.05) is 23.5 Å². The molecule has 45 heavy (non-hydrogen) atoms. The average molecular weight is 663 g/mol.